The molecular weight excluding hydrogens is 991 g/mol. The third kappa shape index (κ3) is 33.4. The molecule has 2 fully saturated rings. The van der Waals surface area contributed by atoms with Gasteiger partial charge in [0, 0.05) is 6.42 Å². The van der Waals surface area contributed by atoms with Gasteiger partial charge < -0.3 is 65.1 Å². The van der Waals surface area contributed by atoms with Crippen LogP contribution < -0.4 is 5.32 Å². The van der Waals surface area contributed by atoms with E-state index < -0.39 is 86.8 Å². The number of unbranched alkanes of at least 4 members (excludes halogenated alkanes) is 15. The second kappa shape index (κ2) is 48.4. The third-order valence-corrected chi connectivity index (χ3v) is 14.0. The molecule has 14 heteroatoms. The zero-order valence-electron chi connectivity index (χ0n) is 47.9. The molecule has 9 N–H and O–H groups in total. The zero-order chi connectivity index (χ0) is 56.7. The zero-order valence-corrected chi connectivity index (χ0v) is 47.9. The lowest BCUT2D eigenvalue weighted by Crippen LogP contribution is -2.65. The van der Waals surface area contributed by atoms with Crippen molar-refractivity contribution in [1.82, 2.24) is 5.32 Å². The van der Waals surface area contributed by atoms with Crippen molar-refractivity contribution in [3.8, 4) is 0 Å². The molecule has 2 rings (SSSR count). The second-order valence-electron chi connectivity index (χ2n) is 20.7. The summed E-state index contributed by atoms with van der Waals surface area (Å²) < 4.78 is 22.7. The predicted molar refractivity (Wildman–Crippen MR) is 313 cm³/mol. The van der Waals surface area contributed by atoms with Crippen LogP contribution in [0.15, 0.2) is 109 Å². The van der Waals surface area contributed by atoms with Gasteiger partial charge in [0.15, 0.2) is 12.6 Å². The molecule has 1 amide bonds. The van der Waals surface area contributed by atoms with E-state index >= 15 is 0 Å². The highest BCUT2D eigenvalue weighted by atomic mass is 16.7. The van der Waals surface area contributed by atoms with Crippen LogP contribution in [-0.4, -0.2) is 140 Å². The Morgan fingerprint density at radius 3 is 1.36 bits per heavy atom. The number of ether oxygens (including phenoxy) is 4. The summed E-state index contributed by atoms with van der Waals surface area (Å²) in [6.07, 6.45) is 51.1. The highest BCUT2D eigenvalue weighted by Gasteiger charge is 2.51. The van der Waals surface area contributed by atoms with Crippen LogP contribution in [0.1, 0.15) is 194 Å². The molecule has 2 aliphatic rings. The van der Waals surface area contributed by atoms with Gasteiger partial charge in [0.1, 0.15) is 48.8 Å². The van der Waals surface area contributed by atoms with E-state index in [0.29, 0.717) is 12.8 Å². The molecule has 0 aromatic rings. The first kappa shape index (κ1) is 70.8. The standard InChI is InChI=1S/C64H107NO13/c1-3-5-7-9-11-13-14-15-16-17-18-19-20-21-22-23-24-25-26-27-28-29-30-31-32-33-34-35-36-37-38-40-42-44-46-48-56(69)65-52(53(68)47-45-43-41-39-12-10-8-6-4-2)51-75-63-61(74)59(72)62(55(50-67)77-63)78-64-60(73)58(71)57(70)54(49-66)76-64/h5,7,11,13,15-16,18-19,21-22,24-25,27-28,30-31,33-34,52-55,57-64,66-68,70-74H,3-4,6,8-10,12,14,17,20,23,26,29,32,35-51H2,1-2H3,(H,65,69)/b7-5-,13-11-,16-15-,19-18-,22-21-,25-24-,28-27-,31-30-,34-33-. The fraction of sp³-hybridized carbons (Fsp3) is 0.703. The highest BCUT2D eigenvalue weighted by Crippen LogP contribution is 2.30. The lowest BCUT2D eigenvalue weighted by atomic mass is 9.97. The van der Waals surface area contributed by atoms with Crippen LogP contribution >= 0.6 is 0 Å². The first-order valence-corrected chi connectivity index (χ1v) is 30.1. The minimum atomic E-state index is -1.79. The average Bonchev–Trinajstić information content (AvgIpc) is 3.44. The second-order valence-corrected chi connectivity index (χ2v) is 20.7. The monoisotopic (exact) mass is 1100 g/mol. The Morgan fingerprint density at radius 2 is 0.885 bits per heavy atom. The van der Waals surface area contributed by atoms with E-state index in [1.807, 2.05) is 0 Å². The number of nitrogens with one attached hydrogen (secondary N) is 1. The minimum absolute atomic E-state index is 0.226. The number of allylic oxidation sites excluding steroid dienone is 18. The van der Waals surface area contributed by atoms with Gasteiger partial charge in [-0.05, 0) is 83.5 Å². The molecule has 12 unspecified atom stereocenters. The van der Waals surface area contributed by atoms with Gasteiger partial charge in [-0.2, -0.15) is 0 Å². The van der Waals surface area contributed by atoms with Crippen molar-refractivity contribution in [3.63, 3.8) is 0 Å². The number of aliphatic hydroxyl groups is 8. The van der Waals surface area contributed by atoms with Gasteiger partial charge in [0.25, 0.3) is 0 Å². The Bertz CT molecular complexity index is 1720. The van der Waals surface area contributed by atoms with Gasteiger partial charge in [-0.3, -0.25) is 4.79 Å². The molecule has 0 aromatic heterocycles. The average molecular weight is 1100 g/mol. The Balaban J connectivity index is 1.64. The predicted octanol–water partition coefficient (Wildman–Crippen LogP) is 10.4. The maximum Gasteiger partial charge on any atom is 0.220 e. The quantitative estimate of drug-likeness (QED) is 0.0204. The van der Waals surface area contributed by atoms with Crippen LogP contribution in [-0.2, 0) is 23.7 Å². The number of carbonyl (C=O) groups is 1. The summed E-state index contributed by atoms with van der Waals surface area (Å²) in [5.41, 5.74) is 0. The van der Waals surface area contributed by atoms with Gasteiger partial charge in [-0.1, -0.05) is 213 Å². The smallest absolute Gasteiger partial charge is 0.220 e. The molecule has 2 saturated heterocycles. The van der Waals surface area contributed by atoms with E-state index in [1.54, 1.807) is 0 Å². The van der Waals surface area contributed by atoms with Crippen LogP contribution in [0, 0.1) is 0 Å². The van der Waals surface area contributed by atoms with E-state index in [-0.39, 0.29) is 18.9 Å². The molecule has 0 aromatic carbocycles. The first-order valence-electron chi connectivity index (χ1n) is 30.1. The summed E-state index contributed by atoms with van der Waals surface area (Å²) in [7, 11) is 0. The molecule has 2 aliphatic heterocycles. The maximum atomic E-state index is 13.2. The molecule has 78 heavy (non-hydrogen) atoms. The van der Waals surface area contributed by atoms with Crippen molar-refractivity contribution < 1.29 is 64.6 Å². The molecule has 0 radical (unpaired) electrons. The lowest BCUT2D eigenvalue weighted by molar-refractivity contribution is -0.359. The third-order valence-electron chi connectivity index (χ3n) is 14.0. The normalized spacial score (nSPS) is 25.4. The van der Waals surface area contributed by atoms with Gasteiger partial charge >= 0.3 is 0 Å². The van der Waals surface area contributed by atoms with Crippen molar-refractivity contribution in [2.75, 3.05) is 19.8 Å². The number of hydrogen-bond donors (Lipinski definition) is 9. The fourth-order valence-electron chi connectivity index (χ4n) is 9.17. The minimum Gasteiger partial charge on any atom is -0.394 e. The number of hydrogen-bond acceptors (Lipinski definition) is 13. The number of rotatable bonds is 46. The van der Waals surface area contributed by atoms with E-state index in [0.717, 1.165) is 122 Å². The van der Waals surface area contributed by atoms with Crippen molar-refractivity contribution in [2.45, 2.75) is 267 Å². The van der Waals surface area contributed by atoms with Crippen molar-refractivity contribution in [2.24, 2.45) is 0 Å². The number of aliphatic hydroxyl groups excluding tert-OH is 8. The largest absolute Gasteiger partial charge is 0.394 e. The topological polar surface area (TPSA) is 228 Å². The van der Waals surface area contributed by atoms with Crippen LogP contribution in [0.25, 0.3) is 0 Å². The van der Waals surface area contributed by atoms with Crippen molar-refractivity contribution in [1.29, 1.82) is 0 Å². The summed E-state index contributed by atoms with van der Waals surface area (Å²) in [5.74, 6) is -0.226. The Hall–Kier alpha value is -3.35. The van der Waals surface area contributed by atoms with Gasteiger partial charge in [-0.25, -0.2) is 0 Å². The highest BCUT2D eigenvalue weighted by molar-refractivity contribution is 5.76. The fourth-order valence-corrected chi connectivity index (χ4v) is 9.17. The molecule has 0 spiro atoms. The van der Waals surface area contributed by atoms with E-state index in [9.17, 15) is 45.6 Å². The molecular formula is C64H107NO13. The van der Waals surface area contributed by atoms with Crippen molar-refractivity contribution in [3.05, 3.63) is 109 Å². The Morgan fingerprint density at radius 1 is 0.474 bits per heavy atom. The molecule has 446 valence electrons. The summed E-state index contributed by atoms with van der Waals surface area (Å²) in [5, 5.41) is 86.9. The number of amides is 1. The van der Waals surface area contributed by atoms with Gasteiger partial charge in [0.2, 0.25) is 5.91 Å². The molecule has 2 heterocycles. The molecule has 14 nitrogen and oxygen atoms in total. The van der Waals surface area contributed by atoms with Crippen LogP contribution in [0.5, 0.6) is 0 Å². The van der Waals surface area contributed by atoms with Gasteiger partial charge in [0.05, 0.1) is 32.0 Å². The number of carbonyl (C=O) groups excluding carboxylic acids is 1. The maximum absolute atomic E-state index is 13.2. The van der Waals surface area contributed by atoms with Crippen molar-refractivity contribution >= 4 is 5.91 Å². The van der Waals surface area contributed by atoms with Crippen LogP contribution in [0.3, 0.4) is 0 Å². The summed E-state index contributed by atoms with van der Waals surface area (Å²) >= 11 is 0. The molecule has 12 atom stereocenters. The molecule has 0 bridgehead atoms. The SMILES string of the molecule is CC/C=C\C/C=C\C/C=C\C/C=C\C/C=C\C/C=C\C/C=C\C/C=C\C/C=C\CCCCCCCCCC(=O)NC(COC1OC(CO)C(OC2OC(CO)C(O)C(O)C2O)C(O)C1O)C(O)CCCCCCCCCCC. The summed E-state index contributed by atoms with van der Waals surface area (Å²) in [4.78, 5) is 13.2. The summed E-state index contributed by atoms with van der Waals surface area (Å²) in [6.45, 7) is 2.68. The van der Waals surface area contributed by atoms with E-state index in [1.165, 1.54) is 38.5 Å². The molecule has 0 aliphatic carbocycles. The molecule has 0 saturated carbocycles. The Labute approximate surface area is 470 Å². The van der Waals surface area contributed by atoms with E-state index in [4.69, 9.17) is 18.9 Å². The van der Waals surface area contributed by atoms with E-state index in [2.05, 4.69) is 129 Å². The Kier molecular flexibility index (Phi) is 43.9. The first-order chi connectivity index (χ1) is 38.1. The lowest BCUT2D eigenvalue weighted by Gasteiger charge is -2.46. The van der Waals surface area contributed by atoms with Gasteiger partial charge in [-0.15, -0.1) is 0 Å². The van der Waals surface area contributed by atoms with Crippen LogP contribution in [0.2, 0.25) is 0 Å². The summed E-state index contributed by atoms with van der Waals surface area (Å²) in [6, 6.07) is -0.840. The van der Waals surface area contributed by atoms with Crippen LogP contribution in [0.4, 0.5) is 0 Å².